The molecular weight excluding hydrogens is 351 g/mol. The summed E-state index contributed by atoms with van der Waals surface area (Å²) >= 11 is 11.6. The number of carbonyl (C=O) groups is 1. The normalized spacial score (nSPS) is 11.0. The van der Waals surface area contributed by atoms with Crippen molar-refractivity contribution in [2.45, 2.75) is 4.90 Å². The summed E-state index contributed by atoms with van der Waals surface area (Å²) in [5.74, 6) is -0.635. The highest BCUT2D eigenvalue weighted by molar-refractivity contribution is 7.87. The van der Waals surface area contributed by atoms with Gasteiger partial charge in [-0.1, -0.05) is 29.3 Å². The lowest BCUT2D eigenvalue weighted by Crippen LogP contribution is -2.11. The van der Waals surface area contributed by atoms with Crippen LogP contribution >= 0.6 is 23.2 Å². The zero-order chi connectivity index (χ0) is 16.3. The van der Waals surface area contributed by atoms with Gasteiger partial charge in [0, 0.05) is 6.07 Å². The van der Waals surface area contributed by atoms with Crippen molar-refractivity contribution in [3.8, 4) is 5.75 Å². The van der Waals surface area contributed by atoms with Crippen LogP contribution in [0.5, 0.6) is 5.75 Å². The van der Waals surface area contributed by atoms with Gasteiger partial charge in [0.1, 0.15) is 10.6 Å². The van der Waals surface area contributed by atoms with Gasteiger partial charge in [-0.25, -0.2) is 4.79 Å². The number of rotatable bonds is 4. The Hall–Kier alpha value is -1.76. The molecule has 0 atom stereocenters. The second-order valence-corrected chi connectivity index (χ2v) is 6.49. The molecule has 22 heavy (non-hydrogen) atoms. The van der Waals surface area contributed by atoms with Gasteiger partial charge < -0.3 is 8.92 Å². The molecule has 0 N–H and O–H groups in total. The van der Waals surface area contributed by atoms with E-state index in [0.717, 1.165) is 0 Å². The molecule has 5 nitrogen and oxygen atoms in total. The van der Waals surface area contributed by atoms with Crippen molar-refractivity contribution in [2.24, 2.45) is 0 Å². The average molecular weight is 361 g/mol. The predicted octanol–water partition coefficient (Wildman–Crippen LogP) is 3.55. The van der Waals surface area contributed by atoms with E-state index < -0.39 is 16.1 Å². The Morgan fingerprint density at radius 1 is 1.05 bits per heavy atom. The molecule has 2 aromatic rings. The SMILES string of the molecule is COC(=O)c1cccc(S(=O)(=O)Oc2ccc(Cl)c(Cl)c2)c1. The van der Waals surface area contributed by atoms with Gasteiger partial charge in [-0.15, -0.1) is 0 Å². The summed E-state index contributed by atoms with van der Waals surface area (Å²) in [5.41, 5.74) is 0.0984. The molecular formula is C14H10Cl2O5S. The quantitative estimate of drug-likeness (QED) is 0.615. The summed E-state index contributed by atoms with van der Waals surface area (Å²) in [6.45, 7) is 0. The lowest BCUT2D eigenvalue weighted by atomic mass is 10.2. The lowest BCUT2D eigenvalue weighted by Gasteiger charge is -2.08. The van der Waals surface area contributed by atoms with Gasteiger partial charge in [-0.3, -0.25) is 0 Å². The molecule has 0 spiro atoms. The van der Waals surface area contributed by atoms with Gasteiger partial charge in [0.2, 0.25) is 0 Å². The minimum atomic E-state index is -4.12. The molecule has 8 heteroatoms. The van der Waals surface area contributed by atoms with E-state index in [1.54, 1.807) is 0 Å². The van der Waals surface area contributed by atoms with Crippen LogP contribution in [0.25, 0.3) is 0 Å². The van der Waals surface area contributed by atoms with Crippen molar-refractivity contribution in [3.63, 3.8) is 0 Å². The molecule has 0 unspecified atom stereocenters. The first-order valence-electron chi connectivity index (χ1n) is 5.91. The van der Waals surface area contributed by atoms with Gasteiger partial charge in [0.25, 0.3) is 0 Å². The molecule has 116 valence electrons. The predicted molar refractivity (Wildman–Crippen MR) is 82.1 cm³/mol. The number of halogens is 2. The summed E-state index contributed by atoms with van der Waals surface area (Å²) in [5, 5.41) is 0.441. The molecule has 2 rings (SSSR count). The summed E-state index contributed by atoms with van der Waals surface area (Å²) in [4.78, 5) is 11.3. The van der Waals surface area contributed by atoms with Crippen molar-refractivity contribution in [2.75, 3.05) is 7.11 Å². The molecule has 0 radical (unpaired) electrons. The molecule has 0 aliphatic heterocycles. The Balaban J connectivity index is 2.34. The molecule has 0 aliphatic rings. The van der Waals surface area contributed by atoms with Crippen LogP contribution in [0, 0.1) is 0 Å². The first-order chi connectivity index (χ1) is 10.3. The van der Waals surface area contributed by atoms with Crippen LogP contribution in [-0.2, 0) is 14.9 Å². The van der Waals surface area contributed by atoms with Gasteiger partial charge in [0.05, 0.1) is 22.7 Å². The van der Waals surface area contributed by atoms with E-state index in [9.17, 15) is 13.2 Å². The van der Waals surface area contributed by atoms with Crippen LogP contribution in [0.2, 0.25) is 10.0 Å². The topological polar surface area (TPSA) is 69.7 Å². The average Bonchev–Trinajstić information content (AvgIpc) is 2.50. The monoisotopic (exact) mass is 360 g/mol. The Bertz CT molecular complexity index is 818. The summed E-state index contributed by atoms with van der Waals surface area (Å²) in [6.07, 6.45) is 0. The summed E-state index contributed by atoms with van der Waals surface area (Å²) in [6, 6.07) is 9.39. The summed E-state index contributed by atoms with van der Waals surface area (Å²) in [7, 11) is -2.91. The van der Waals surface area contributed by atoms with E-state index in [-0.39, 0.29) is 26.3 Å². The Morgan fingerprint density at radius 2 is 1.77 bits per heavy atom. The smallest absolute Gasteiger partial charge is 0.339 e. The third-order valence-electron chi connectivity index (χ3n) is 2.64. The second kappa shape index (κ2) is 6.56. The van der Waals surface area contributed by atoms with Crippen molar-refractivity contribution in [3.05, 3.63) is 58.1 Å². The van der Waals surface area contributed by atoms with Crippen molar-refractivity contribution in [1.29, 1.82) is 0 Å². The molecule has 0 heterocycles. The first kappa shape index (κ1) is 16.6. The number of hydrogen-bond acceptors (Lipinski definition) is 5. The Kier molecular flexibility index (Phi) is 4.95. The van der Waals surface area contributed by atoms with Gasteiger partial charge >= 0.3 is 16.1 Å². The number of methoxy groups -OCH3 is 1. The van der Waals surface area contributed by atoms with E-state index in [0.29, 0.717) is 0 Å². The van der Waals surface area contributed by atoms with Gasteiger partial charge in [-0.05, 0) is 30.3 Å². The molecule has 0 bridgehead atoms. The maximum atomic E-state index is 12.2. The van der Waals surface area contributed by atoms with E-state index in [1.165, 1.54) is 49.6 Å². The highest BCUT2D eigenvalue weighted by Gasteiger charge is 2.19. The van der Waals surface area contributed by atoms with E-state index >= 15 is 0 Å². The first-order valence-corrected chi connectivity index (χ1v) is 8.08. The standard InChI is InChI=1S/C14H10Cl2O5S/c1-20-14(17)9-3-2-4-11(7-9)22(18,19)21-10-5-6-12(15)13(16)8-10/h2-8H,1H3. The maximum absolute atomic E-state index is 12.2. The zero-order valence-corrected chi connectivity index (χ0v) is 13.6. The summed E-state index contributed by atoms with van der Waals surface area (Å²) < 4.78 is 33.9. The molecule has 0 amide bonds. The Labute approximate surface area is 137 Å². The third kappa shape index (κ3) is 3.71. The largest absolute Gasteiger partial charge is 0.465 e. The molecule has 0 saturated heterocycles. The maximum Gasteiger partial charge on any atom is 0.339 e. The molecule has 0 saturated carbocycles. The number of hydrogen-bond donors (Lipinski definition) is 0. The zero-order valence-electron chi connectivity index (χ0n) is 11.2. The number of esters is 1. The Morgan fingerprint density at radius 3 is 2.41 bits per heavy atom. The number of ether oxygens (including phenoxy) is 1. The molecule has 0 aliphatic carbocycles. The van der Waals surface area contributed by atoms with Gasteiger partial charge in [-0.2, -0.15) is 8.42 Å². The minimum absolute atomic E-state index is 0.0119. The van der Waals surface area contributed by atoms with Crippen LogP contribution in [-0.4, -0.2) is 21.5 Å². The van der Waals surface area contributed by atoms with Crippen molar-refractivity contribution < 1.29 is 22.1 Å². The number of benzene rings is 2. The van der Waals surface area contributed by atoms with Crippen molar-refractivity contribution >= 4 is 39.3 Å². The lowest BCUT2D eigenvalue weighted by molar-refractivity contribution is 0.0600. The second-order valence-electron chi connectivity index (χ2n) is 4.13. The van der Waals surface area contributed by atoms with Crippen LogP contribution in [0.15, 0.2) is 47.4 Å². The molecule has 2 aromatic carbocycles. The van der Waals surface area contributed by atoms with Crippen LogP contribution < -0.4 is 4.18 Å². The van der Waals surface area contributed by atoms with E-state index in [1.807, 2.05) is 0 Å². The number of carbonyl (C=O) groups excluding carboxylic acids is 1. The minimum Gasteiger partial charge on any atom is -0.465 e. The van der Waals surface area contributed by atoms with Crippen LogP contribution in [0.4, 0.5) is 0 Å². The molecule has 0 aromatic heterocycles. The third-order valence-corrected chi connectivity index (χ3v) is 4.62. The van der Waals surface area contributed by atoms with Gasteiger partial charge in [0.15, 0.2) is 0 Å². The van der Waals surface area contributed by atoms with Crippen LogP contribution in [0.1, 0.15) is 10.4 Å². The van der Waals surface area contributed by atoms with Crippen molar-refractivity contribution in [1.82, 2.24) is 0 Å². The highest BCUT2D eigenvalue weighted by Crippen LogP contribution is 2.28. The van der Waals surface area contributed by atoms with E-state index in [2.05, 4.69) is 4.74 Å². The molecule has 0 fully saturated rings. The fraction of sp³-hybridized carbons (Fsp3) is 0.0714. The van der Waals surface area contributed by atoms with E-state index in [4.69, 9.17) is 27.4 Å². The fourth-order valence-electron chi connectivity index (χ4n) is 1.60. The highest BCUT2D eigenvalue weighted by atomic mass is 35.5. The fourth-order valence-corrected chi connectivity index (χ4v) is 2.86. The van der Waals surface area contributed by atoms with Crippen LogP contribution in [0.3, 0.4) is 0 Å².